The van der Waals surface area contributed by atoms with Gasteiger partial charge in [0.1, 0.15) is 0 Å². The molecule has 5 rings (SSSR count). The molecule has 0 amide bonds. The third-order valence-corrected chi connectivity index (χ3v) is 6.63. The van der Waals surface area contributed by atoms with Gasteiger partial charge in [-0.1, -0.05) is 0 Å². The van der Waals surface area contributed by atoms with Crippen molar-refractivity contribution in [1.29, 1.82) is 5.26 Å². The lowest BCUT2D eigenvalue weighted by Gasteiger charge is -2.25. The van der Waals surface area contributed by atoms with Gasteiger partial charge in [0.25, 0.3) is 0 Å². The minimum Gasteiger partial charge on any atom is -0.393 e. The van der Waals surface area contributed by atoms with E-state index in [2.05, 4.69) is 16.5 Å². The van der Waals surface area contributed by atoms with Crippen molar-refractivity contribution >= 4 is 16.7 Å². The molecular formula is C24H27N7O2. The van der Waals surface area contributed by atoms with Crippen LogP contribution in [0, 0.1) is 17.2 Å². The summed E-state index contributed by atoms with van der Waals surface area (Å²) in [5, 5.41) is 26.7. The van der Waals surface area contributed by atoms with E-state index in [-0.39, 0.29) is 11.8 Å². The number of nitriles is 1. The first-order valence-corrected chi connectivity index (χ1v) is 11.4. The summed E-state index contributed by atoms with van der Waals surface area (Å²) in [5.41, 5.74) is 4.30. The zero-order valence-electron chi connectivity index (χ0n) is 18.6. The normalized spacial score (nSPS) is 18.7. The Bertz CT molecular complexity index is 1400. The summed E-state index contributed by atoms with van der Waals surface area (Å²) in [6, 6.07) is 9.56. The van der Waals surface area contributed by atoms with Crippen molar-refractivity contribution in [3.05, 3.63) is 52.7 Å². The largest absolute Gasteiger partial charge is 0.393 e. The molecule has 1 aliphatic rings. The lowest BCUT2D eigenvalue weighted by Crippen LogP contribution is -2.31. The Morgan fingerprint density at radius 2 is 2.00 bits per heavy atom. The first kappa shape index (κ1) is 21.4. The Kier molecular flexibility index (Phi) is 5.70. The number of nitrogens with one attached hydrogen (secondary N) is 1. The fourth-order valence-corrected chi connectivity index (χ4v) is 4.78. The number of hydrogen-bond donors (Lipinski definition) is 2. The zero-order valence-corrected chi connectivity index (χ0v) is 18.6. The second-order valence-corrected chi connectivity index (χ2v) is 8.78. The Hall–Kier alpha value is -3.48. The molecule has 9 heteroatoms. The van der Waals surface area contributed by atoms with Gasteiger partial charge in [-0.3, -0.25) is 9.13 Å². The quantitative estimate of drug-likeness (QED) is 0.470. The molecule has 0 spiro atoms. The predicted octanol–water partition coefficient (Wildman–Crippen LogP) is 2.15. The first-order chi connectivity index (χ1) is 16.1. The molecule has 0 radical (unpaired) electrons. The highest BCUT2D eigenvalue weighted by molar-refractivity contribution is 5.83. The van der Waals surface area contributed by atoms with Gasteiger partial charge in [-0.2, -0.15) is 10.4 Å². The van der Waals surface area contributed by atoms with Crippen molar-refractivity contribution in [1.82, 2.24) is 29.0 Å². The molecule has 0 aliphatic heterocycles. The van der Waals surface area contributed by atoms with E-state index in [0.29, 0.717) is 42.5 Å². The molecular weight excluding hydrogens is 418 g/mol. The highest BCUT2D eigenvalue weighted by Crippen LogP contribution is 2.28. The fourth-order valence-electron chi connectivity index (χ4n) is 4.78. The van der Waals surface area contributed by atoms with Crippen molar-refractivity contribution in [3.8, 4) is 17.3 Å². The van der Waals surface area contributed by atoms with Gasteiger partial charge in [-0.15, -0.1) is 0 Å². The number of likely N-dealkylation sites (N-methyl/N-ethyl adjacent to an activating group) is 1. The van der Waals surface area contributed by atoms with Gasteiger partial charge in [0.15, 0.2) is 5.65 Å². The van der Waals surface area contributed by atoms with E-state index in [1.165, 1.54) is 0 Å². The number of hydrogen-bond acceptors (Lipinski definition) is 6. The number of pyridine rings is 2. The van der Waals surface area contributed by atoms with Crippen LogP contribution in [0.5, 0.6) is 0 Å². The highest BCUT2D eigenvalue weighted by Gasteiger charge is 2.23. The van der Waals surface area contributed by atoms with Crippen LogP contribution in [0.4, 0.5) is 0 Å². The van der Waals surface area contributed by atoms with E-state index >= 15 is 0 Å². The molecule has 0 aromatic carbocycles. The molecule has 1 aliphatic carbocycles. The summed E-state index contributed by atoms with van der Waals surface area (Å²) < 4.78 is 5.30. The summed E-state index contributed by atoms with van der Waals surface area (Å²) in [5.74, 6) is 0.343. The zero-order chi connectivity index (χ0) is 22.9. The second-order valence-electron chi connectivity index (χ2n) is 8.78. The van der Waals surface area contributed by atoms with Crippen LogP contribution in [0.25, 0.3) is 27.9 Å². The van der Waals surface area contributed by atoms with Crippen molar-refractivity contribution in [2.45, 2.75) is 44.9 Å². The Morgan fingerprint density at radius 3 is 2.76 bits per heavy atom. The van der Waals surface area contributed by atoms with E-state index in [4.69, 9.17) is 4.98 Å². The molecule has 4 heterocycles. The molecule has 170 valence electrons. The van der Waals surface area contributed by atoms with Crippen LogP contribution in [0.15, 0.2) is 41.5 Å². The van der Waals surface area contributed by atoms with Gasteiger partial charge >= 0.3 is 5.69 Å². The topological polar surface area (TPSA) is 113 Å². The predicted molar refractivity (Wildman–Crippen MR) is 125 cm³/mol. The minimum absolute atomic E-state index is 0.0531. The molecule has 0 atom stereocenters. The summed E-state index contributed by atoms with van der Waals surface area (Å²) in [6.45, 7) is 1.84. The first-order valence-electron chi connectivity index (χ1n) is 11.4. The van der Waals surface area contributed by atoms with Gasteiger partial charge in [-0.05, 0) is 62.9 Å². The maximum atomic E-state index is 13.4. The van der Waals surface area contributed by atoms with Gasteiger partial charge in [-0.25, -0.2) is 14.3 Å². The van der Waals surface area contributed by atoms with E-state index < -0.39 is 0 Å². The number of aromatic nitrogens is 5. The average Bonchev–Trinajstić information content (AvgIpc) is 3.37. The molecule has 9 nitrogen and oxygen atoms in total. The van der Waals surface area contributed by atoms with Crippen molar-refractivity contribution in [3.63, 3.8) is 0 Å². The van der Waals surface area contributed by atoms with E-state index in [1.807, 2.05) is 19.2 Å². The molecule has 0 saturated heterocycles. The van der Waals surface area contributed by atoms with Crippen LogP contribution in [-0.2, 0) is 13.1 Å². The van der Waals surface area contributed by atoms with Gasteiger partial charge in [0.2, 0.25) is 0 Å². The van der Waals surface area contributed by atoms with Crippen LogP contribution in [0.2, 0.25) is 0 Å². The maximum Gasteiger partial charge on any atom is 0.330 e. The summed E-state index contributed by atoms with van der Waals surface area (Å²) in [6.07, 6.45) is 6.64. The van der Waals surface area contributed by atoms with Gasteiger partial charge < -0.3 is 10.4 Å². The molecule has 4 aromatic heterocycles. The van der Waals surface area contributed by atoms with Crippen LogP contribution < -0.4 is 11.0 Å². The summed E-state index contributed by atoms with van der Waals surface area (Å²) in [4.78, 5) is 18.3. The van der Waals surface area contributed by atoms with E-state index in [9.17, 15) is 15.2 Å². The monoisotopic (exact) mass is 445 g/mol. The van der Waals surface area contributed by atoms with Crippen LogP contribution in [-0.4, -0.2) is 48.5 Å². The third kappa shape index (κ3) is 3.92. The molecule has 4 aromatic rings. The Balaban J connectivity index is 1.62. The van der Waals surface area contributed by atoms with Crippen LogP contribution in [0.3, 0.4) is 0 Å². The fraction of sp³-hybridized carbons (Fsp3) is 0.417. The van der Waals surface area contributed by atoms with E-state index in [0.717, 1.165) is 42.3 Å². The van der Waals surface area contributed by atoms with Gasteiger partial charge in [0.05, 0.1) is 40.7 Å². The molecule has 33 heavy (non-hydrogen) atoms. The molecule has 0 bridgehead atoms. The average molecular weight is 446 g/mol. The number of aliphatic hydroxyl groups is 1. The lowest BCUT2D eigenvalue weighted by atomic mass is 9.87. The van der Waals surface area contributed by atoms with Crippen LogP contribution >= 0.6 is 0 Å². The van der Waals surface area contributed by atoms with Crippen molar-refractivity contribution in [2.75, 3.05) is 13.6 Å². The van der Waals surface area contributed by atoms with Crippen molar-refractivity contribution < 1.29 is 5.11 Å². The maximum absolute atomic E-state index is 13.4. The Morgan fingerprint density at radius 1 is 1.18 bits per heavy atom. The summed E-state index contributed by atoms with van der Waals surface area (Å²) >= 11 is 0. The van der Waals surface area contributed by atoms with Crippen LogP contribution in [0.1, 0.15) is 31.2 Å². The second kappa shape index (κ2) is 8.81. The SMILES string of the molecule is CNCCn1c(=O)n(CC2CCC(O)CC2)c2nc(-c3cnn4ccc(C#N)cc34)ccc21. The van der Waals surface area contributed by atoms with Gasteiger partial charge in [0, 0.05) is 31.4 Å². The lowest BCUT2D eigenvalue weighted by molar-refractivity contribution is 0.104. The molecule has 1 saturated carbocycles. The standard InChI is InChI=1S/C24H27N7O2/c1-26-9-11-29-21-7-6-20(19-14-27-31-10-8-17(13-25)12-22(19)31)28-23(21)30(24(29)33)15-16-2-4-18(32)5-3-16/h6-8,10,12,14,16,18,26,32H,2-5,9,11,15H2,1H3. The number of fused-ring (bicyclic) bond motifs is 2. The number of nitrogens with zero attached hydrogens (tertiary/aromatic N) is 6. The molecule has 2 N–H and O–H groups in total. The number of imidazole rings is 1. The third-order valence-electron chi connectivity index (χ3n) is 6.63. The molecule has 1 fully saturated rings. The number of aliphatic hydroxyl groups excluding tert-OH is 1. The Labute approximate surface area is 190 Å². The van der Waals surface area contributed by atoms with Crippen molar-refractivity contribution in [2.24, 2.45) is 5.92 Å². The molecule has 0 unspecified atom stereocenters. The highest BCUT2D eigenvalue weighted by atomic mass is 16.3. The summed E-state index contributed by atoms with van der Waals surface area (Å²) in [7, 11) is 1.87. The minimum atomic E-state index is -0.228. The smallest absolute Gasteiger partial charge is 0.330 e. The number of rotatable bonds is 6. The van der Waals surface area contributed by atoms with E-state index in [1.54, 1.807) is 38.2 Å².